The van der Waals surface area contributed by atoms with Crippen molar-refractivity contribution in [3.8, 4) is 0 Å². The normalized spacial score (nSPS) is 41.1. The number of rotatable bonds is 9. The van der Waals surface area contributed by atoms with Crippen molar-refractivity contribution >= 4 is 23.9 Å². The number of esters is 4. The van der Waals surface area contributed by atoms with E-state index in [4.69, 9.17) is 18.9 Å². The molecule has 0 bridgehead atoms. The van der Waals surface area contributed by atoms with Crippen LogP contribution in [0, 0.1) is 46.3 Å². The molecule has 0 unspecified atom stereocenters. The van der Waals surface area contributed by atoms with Gasteiger partial charge in [0.15, 0.2) is 0 Å². The molecule has 254 valence electrons. The van der Waals surface area contributed by atoms with E-state index in [9.17, 15) is 24.3 Å². The van der Waals surface area contributed by atoms with E-state index >= 15 is 0 Å². The molecule has 0 saturated heterocycles. The summed E-state index contributed by atoms with van der Waals surface area (Å²) in [5, 5.41) is 12.8. The minimum absolute atomic E-state index is 0.0101. The monoisotopic (exact) mass is 632 g/mol. The molecule has 0 heterocycles. The van der Waals surface area contributed by atoms with Gasteiger partial charge < -0.3 is 24.1 Å². The van der Waals surface area contributed by atoms with Crippen molar-refractivity contribution in [3.63, 3.8) is 0 Å². The van der Waals surface area contributed by atoms with Crippen molar-refractivity contribution in [2.24, 2.45) is 46.3 Å². The van der Waals surface area contributed by atoms with Crippen LogP contribution in [0.4, 0.5) is 0 Å². The van der Waals surface area contributed by atoms with Crippen molar-refractivity contribution in [2.75, 3.05) is 0 Å². The standard InChI is InChI=1S/C36H56O9/c1-19(2)20(3)11-12-21(4)28-13-14-29-27-16-32(45-25(8)40)36(41)17-26(42-22(5)37)15-31(44-24(7)39)35(36,10)33(27)30(43-23(6)38)18-34(28,29)9/h19,21,26-33,41H,3,11-18H2,1-2,4-10H3/t21-,26+,27+,28-,29+,30-,31-,32+,33-,34-,35-,36+/m1/s1. The summed E-state index contributed by atoms with van der Waals surface area (Å²) in [6.45, 7) is 20.6. The van der Waals surface area contributed by atoms with Crippen LogP contribution < -0.4 is 0 Å². The van der Waals surface area contributed by atoms with E-state index in [1.165, 1.54) is 33.3 Å². The smallest absolute Gasteiger partial charge is 0.303 e. The zero-order chi connectivity index (χ0) is 33.6. The predicted molar refractivity (Wildman–Crippen MR) is 167 cm³/mol. The molecule has 0 aromatic carbocycles. The van der Waals surface area contributed by atoms with Gasteiger partial charge in [0, 0.05) is 51.9 Å². The fourth-order valence-electron chi connectivity index (χ4n) is 10.6. The Morgan fingerprint density at radius 1 is 0.822 bits per heavy atom. The molecular weight excluding hydrogens is 576 g/mol. The molecule has 4 rings (SSSR count). The van der Waals surface area contributed by atoms with E-state index in [2.05, 4.69) is 34.3 Å². The Labute approximate surface area is 269 Å². The zero-order valence-electron chi connectivity index (χ0n) is 28.9. The third-order valence-corrected chi connectivity index (χ3v) is 12.5. The first kappa shape index (κ1) is 35.4. The van der Waals surface area contributed by atoms with Gasteiger partial charge in [-0.05, 0) is 73.5 Å². The lowest BCUT2D eigenvalue weighted by atomic mass is 9.40. The second-order valence-electron chi connectivity index (χ2n) is 15.5. The lowest BCUT2D eigenvalue weighted by Gasteiger charge is -2.68. The Morgan fingerprint density at radius 3 is 1.96 bits per heavy atom. The zero-order valence-corrected chi connectivity index (χ0v) is 28.9. The summed E-state index contributed by atoms with van der Waals surface area (Å²) in [7, 11) is 0. The van der Waals surface area contributed by atoms with E-state index in [0.29, 0.717) is 30.6 Å². The molecule has 4 saturated carbocycles. The highest BCUT2D eigenvalue weighted by Gasteiger charge is 2.75. The first-order valence-electron chi connectivity index (χ1n) is 16.9. The summed E-state index contributed by atoms with van der Waals surface area (Å²) in [5.74, 6) is -0.934. The first-order chi connectivity index (χ1) is 20.8. The maximum absolute atomic E-state index is 12.8. The van der Waals surface area contributed by atoms with Crippen molar-refractivity contribution in [3.05, 3.63) is 12.2 Å². The number of ether oxygens (including phenoxy) is 4. The quantitative estimate of drug-likeness (QED) is 0.187. The fourth-order valence-corrected chi connectivity index (χ4v) is 10.6. The average Bonchev–Trinajstić information content (AvgIpc) is 3.24. The molecule has 0 aromatic rings. The average molecular weight is 633 g/mol. The van der Waals surface area contributed by atoms with Gasteiger partial charge >= 0.3 is 23.9 Å². The van der Waals surface area contributed by atoms with Gasteiger partial charge in [0.05, 0.1) is 0 Å². The Balaban J connectivity index is 1.82. The second kappa shape index (κ2) is 13.0. The van der Waals surface area contributed by atoms with Crippen LogP contribution in [0.25, 0.3) is 0 Å². The number of carbonyl (C=O) groups is 4. The minimum atomic E-state index is -1.72. The molecule has 4 fully saturated rings. The Hall–Kier alpha value is -2.42. The number of fused-ring (bicyclic) bond motifs is 5. The van der Waals surface area contributed by atoms with Gasteiger partial charge in [-0.3, -0.25) is 19.2 Å². The molecule has 9 heteroatoms. The molecule has 0 amide bonds. The molecule has 9 nitrogen and oxygen atoms in total. The van der Waals surface area contributed by atoms with Crippen molar-refractivity contribution < 1.29 is 43.2 Å². The molecule has 0 aromatic heterocycles. The molecule has 45 heavy (non-hydrogen) atoms. The summed E-state index contributed by atoms with van der Waals surface area (Å²) in [6.07, 6.45) is 2.11. The highest BCUT2D eigenvalue weighted by molar-refractivity contribution is 5.68. The predicted octanol–water partition coefficient (Wildman–Crippen LogP) is 5.95. The van der Waals surface area contributed by atoms with Gasteiger partial charge in [-0.2, -0.15) is 0 Å². The van der Waals surface area contributed by atoms with E-state index in [0.717, 1.165) is 25.7 Å². The van der Waals surface area contributed by atoms with Crippen LogP contribution in [-0.4, -0.2) is 59.0 Å². The Kier molecular flexibility index (Phi) is 10.2. The third-order valence-electron chi connectivity index (χ3n) is 12.5. The van der Waals surface area contributed by atoms with Crippen LogP contribution in [0.1, 0.15) is 114 Å². The molecule has 4 aliphatic rings. The fraction of sp³-hybridized carbons (Fsp3) is 0.833. The van der Waals surface area contributed by atoms with E-state index in [1.54, 1.807) is 0 Å². The van der Waals surface area contributed by atoms with Crippen LogP contribution in [0.5, 0.6) is 0 Å². The summed E-state index contributed by atoms with van der Waals surface area (Å²) < 4.78 is 23.8. The molecule has 0 aliphatic heterocycles. The second-order valence-corrected chi connectivity index (χ2v) is 15.5. The highest BCUT2D eigenvalue weighted by Crippen LogP contribution is 2.70. The van der Waals surface area contributed by atoms with Crippen LogP contribution >= 0.6 is 0 Å². The van der Waals surface area contributed by atoms with E-state index < -0.39 is 59.3 Å². The number of hydrogen-bond acceptors (Lipinski definition) is 9. The van der Waals surface area contributed by atoms with Gasteiger partial charge in [0.25, 0.3) is 0 Å². The van der Waals surface area contributed by atoms with Crippen molar-refractivity contribution in [1.29, 1.82) is 0 Å². The van der Waals surface area contributed by atoms with Gasteiger partial charge in [0.2, 0.25) is 0 Å². The van der Waals surface area contributed by atoms with Crippen LogP contribution in [0.2, 0.25) is 0 Å². The van der Waals surface area contributed by atoms with Crippen molar-refractivity contribution in [1.82, 2.24) is 0 Å². The largest absolute Gasteiger partial charge is 0.462 e. The number of hydrogen-bond donors (Lipinski definition) is 1. The molecule has 4 aliphatic carbocycles. The highest BCUT2D eigenvalue weighted by atomic mass is 16.6. The van der Waals surface area contributed by atoms with Crippen LogP contribution in [0.3, 0.4) is 0 Å². The topological polar surface area (TPSA) is 125 Å². The van der Waals surface area contributed by atoms with E-state index in [-0.39, 0.29) is 36.0 Å². The molecule has 1 N–H and O–H groups in total. The Morgan fingerprint density at radius 2 is 1.40 bits per heavy atom. The number of allylic oxidation sites excluding steroid dienone is 1. The van der Waals surface area contributed by atoms with Gasteiger partial charge in [-0.25, -0.2) is 0 Å². The summed E-state index contributed by atoms with van der Waals surface area (Å²) in [4.78, 5) is 49.9. The maximum atomic E-state index is 12.8. The lowest BCUT2D eigenvalue weighted by Crippen LogP contribution is -2.76. The third kappa shape index (κ3) is 6.44. The summed E-state index contributed by atoms with van der Waals surface area (Å²) >= 11 is 0. The SMILES string of the molecule is C=C(CC[C@@H](C)[C@H]1CC[C@H]2[C@@H]3C[C@H](OC(C)=O)[C@@]4(O)C[C@@H](OC(C)=O)C[C@@H](OC(C)=O)[C@]4(C)[C@H]3[C@H](OC(C)=O)C[C@]12C)C(C)C. The molecule has 12 atom stereocenters. The molecule has 0 spiro atoms. The summed E-state index contributed by atoms with van der Waals surface area (Å²) in [5.41, 5.74) is -1.78. The lowest BCUT2D eigenvalue weighted by molar-refractivity contribution is -0.315. The van der Waals surface area contributed by atoms with Crippen LogP contribution in [0.15, 0.2) is 12.2 Å². The van der Waals surface area contributed by atoms with E-state index in [1.807, 2.05) is 6.92 Å². The first-order valence-corrected chi connectivity index (χ1v) is 16.9. The number of aliphatic hydroxyl groups is 1. The maximum Gasteiger partial charge on any atom is 0.303 e. The number of carbonyl (C=O) groups excluding carboxylic acids is 4. The summed E-state index contributed by atoms with van der Waals surface area (Å²) in [6, 6.07) is 0. The minimum Gasteiger partial charge on any atom is -0.462 e. The van der Waals surface area contributed by atoms with Crippen LogP contribution in [-0.2, 0) is 38.1 Å². The Bertz CT molecular complexity index is 1180. The van der Waals surface area contributed by atoms with Gasteiger partial charge in [-0.1, -0.05) is 46.8 Å². The van der Waals surface area contributed by atoms with Gasteiger partial charge in [-0.15, -0.1) is 0 Å². The van der Waals surface area contributed by atoms with Gasteiger partial charge in [0.1, 0.15) is 30.0 Å². The molecule has 0 radical (unpaired) electrons. The van der Waals surface area contributed by atoms with Crippen molar-refractivity contribution in [2.45, 2.75) is 144 Å². The molecular formula is C36H56O9.